The van der Waals surface area contributed by atoms with Crippen molar-refractivity contribution in [3.63, 3.8) is 0 Å². The minimum Gasteiger partial charge on any atom is -0.485 e. The molecule has 1 aromatic carbocycles. The first kappa shape index (κ1) is 14.9. The standard InChI is InChI=1S/C13H19F2NO2/c1-3-4-16-7-10-5-11(14)13(12(15)6-10)18-8-9(2)17/h5-6,9,16-17H,3-4,7-8H2,1-2H3. The van der Waals surface area contributed by atoms with E-state index in [-0.39, 0.29) is 6.61 Å². The summed E-state index contributed by atoms with van der Waals surface area (Å²) >= 11 is 0. The van der Waals surface area contributed by atoms with Crippen molar-refractivity contribution in [2.24, 2.45) is 0 Å². The minimum absolute atomic E-state index is 0.138. The zero-order valence-corrected chi connectivity index (χ0v) is 10.7. The Kier molecular flexibility index (Phi) is 6.01. The second kappa shape index (κ2) is 7.28. The predicted molar refractivity (Wildman–Crippen MR) is 65.5 cm³/mol. The zero-order chi connectivity index (χ0) is 13.5. The molecular formula is C13H19F2NO2. The Labute approximate surface area is 106 Å². The molecule has 2 N–H and O–H groups in total. The Bertz CT molecular complexity index is 360. The molecule has 0 radical (unpaired) electrons. The van der Waals surface area contributed by atoms with Gasteiger partial charge in [0.15, 0.2) is 17.4 Å². The smallest absolute Gasteiger partial charge is 0.190 e. The lowest BCUT2D eigenvalue weighted by atomic mass is 10.2. The summed E-state index contributed by atoms with van der Waals surface area (Å²) in [4.78, 5) is 0. The molecule has 0 saturated heterocycles. The first-order valence-corrected chi connectivity index (χ1v) is 6.04. The Morgan fingerprint density at radius 1 is 1.33 bits per heavy atom. The molecule has 0 heterocycles. The van der Waals surface area contributed by atoms with Crippen LogP contribution in [0.2, 0.25) is 0 Å². The van der Waals surface area contributed by atoms with Gasteiger partial charge in [0, 0.05) is 6.54 Å². The van der Waals surface area contributed by atoms with Crippen LogP contribution in [0.15, 0.2) is 12.1 Å². The molecule has 1 rings (SSSR count). The monoisotopic (exact) mass is 259 g/mol. The number of rotatable bonds is 7. The zero-order valence-electron chi connectivity index (χ0n) is 10.7. The average Bonchev–Trinajstić information content (AvgIpc) is 2.28. The molecule has 0 saturated carbocycles. The van der Waals surface area contributed by atoms with Gasteiger partial charge in [0.2, 0.25) is 0 Å². The molecule has 5 heteroatoms. The van der Waals surface area contributed by atoms with Crippen molar-refractivity contribution in [3.05, 3.63) is 29.3 Å². The lowest BCUT2D eigenvalue weighted by Crippen LogP contribution is -2.16. The van der Waals surface area contributed by atoms with Crippen LogP contribution in [0.25, 0.3) is 0 Å². The molecule has 0 fully saturated rings. The van der Waals surface area contributed by atoms with Crippen LogP contribution in [0.3, 0.4) is 0 Å². The fourth-order valence-electron chi connectivity index (χ4n) is 1.47. The highest BCUT2D eigenvalue weighted by Gasteiger charge is 2.13. The van der Waals surface area contributed by atoms with Crippen LogP contribution >= 0.6 is 0 Å². The van der Waals surface area contributed by atoms with Crippen LogP contribution in [-0.2, 0) is 6.54 Å². The van der Waals surface area contributed by atoms with E-state index in [2.05, 4.69) is 5.32 Å². The van der Waals surface area contributed by atoms with Gasteiger partial charge in [-0.15, -0.1) is 0 Å². The molecule has 0 aliphatic rings. The van der Waals surface area contributed by atoms with Crippen molar-refractivity contribution >= 4 is 0 Å². The Balaban J connectivity index is 2.71. The third-order valence-electron chi connectivity index (χ3n) is 2.28. The first-order valence-electron chi connectivity index (χ1n) is 6.04. The number of benzene rings is 1. The summed E-state index contributed by atoms with van der Waals surface area (Å²) in [5, 5.41) is 12.1. The molecule has 1 unspecified atom stereocenters. The number of ether oxygens (including phenoxy) is 1. The number of hydrogen-bond acceptors (Lipinski definition) is 3. The van der Waals surface area contributed by atoms with Crippen LogP contribution in [0.5, 0.6) is 5.75 Å². The van der Waals surface area contributed by atoms with Crippen LogP contribution in [0, 0.1) is 11.6 Å². The topological polar surface area (TPSA) is 41.5 Å². The molecule has 0 spiro atoms. The normalized spacial score (nSPS) is 12.5. The van der Waals surface area contributed by atoms with Crippen molar-refractivity contribution < 1.29 is 18.6 Å². The van der Waals surface area contributed by atoms with Crippen molar-refractivity contribution in [3.8, 4) is 5.75 Å². The largest absolute Gasteiger partial charge is 0.485 e. The third-order valence-corrected chi connectivity index (χ3v) is 2.28. The van der Waals surface area contributed by atoms with Crippen LogP contribution in [0.4, 0.5) is 8.78 Å². The third kappa shape index (κ3) is 4.58. The van der Waals surface area contributed by atoms with Crippen LogP contribution in [-0.4, -0.2) is 24.4 Å². The van der Waals surface area contributed by atoms with E-state index in [0.29, 0.717) is 12.1 Å². The molecule has 0 aromatic heterocycles. The number of halogens is 2. The highest BCUT2D eigenvalue weighted by molar-refractivity contribution is 5.31. The highest BCUT2D eigenvalue weighted by Crippen LogP contribution is 2.23. The average molecular weight is 259 g/mol. The van der Waals surface area contributed by atoms with Crippen LogP contribution in [0.1, 0.15) is 25.8 Å². The van der Waals surface area contributed by atoms with Gasteiger partial charge in [-0.1, -0.05) is 6.92 Å². The fourth-order valence-corrected chi connectivity index (χ4v) is 1.47. The lowest BCUT2D eigenvalue weighted by Gasteiger charge is -2.11. The van der Waals surface area contributed by atoms with Gasteiger partial charge in [0.1, 0.15) is 6.61 Å². The summed E-state index contributed by atoms with van der Waals surface area (Å²) < 4.78 is 32.1. The number of nitrogens with one attached hydrogen (secondary N) is 1. The van der Waals surface area contributed by atoms with Crippen molar-refractivity contribution in [2.45, 2.75) is 32.9 Å². The molecule has 3 nitrogen and oxygen atoms in total. The second-order valence-electron chi connectivity index (χ2n) is 4.23. The van der Waals surface area contributed by atoms with Gasteiger partial charge in [0.05, 0.1) is 6.10 Å². The maximum atomic E-state index is 13.6. The minimum atomic E-state index is -0.769. The summed E-state index contributed by atoms with van der Waals surface area (Å²) in [5.41, 5.74) is 0.530. The summed E-state index contributed by atoms with van der Waals surface area (Å²) in [7, 11) is 0. The fraction of sp³-hybridized carbons (Fsp3) is 0.538. The lowest BCUT2D eigenvalue weighted by molar-refractivity contribution is 0.117. The molecule has 102 valence electrons. The number of aliphatic hydroxyl groups is 1. The van der Waals surface area contributed by atoms with E-state index in [9.17, 15) is 8.78 Å². The van der Waals surface area contributed by atoms with Crippen LogP contribution < -0.4 is 10.1 Å². The van der Waals surface area contributed by atoms with Crippen molar-refractivity contribution in [2.75, 3.05) is 13.2 Å². The van der Waals surface area contributed by atoms with Gasteiger partial charge in [0.25, 0.3) is 0 Å². The molecule has 0 aliphatic carbocycles. The second-order valence-corrected chi connectivity index (χ2v) is 4.23. The molecule has 0 aliphatic heterocycles. The first-order chi connectivity index (χ1) is 8.54. The van der Waals surface area contributed by atoms with E-state index < -0.39 is 23.5 Å². The number of aliphatic hydroxyl groups excluding tert-OH is 1. The maximum absolute atomic E-state index is 13.6. The molecule has 1 atom stereocenters. The quantitative estimate of drug-likeness (QED) is 0.738. The van der Waals surface area contributed by atoms with E-state index in [0.717, 1.165) is 13.0 Å². The summed E-state index contributed by atoms with van der Waals surface area (Å²) in [6.07, 6.45) is 0.190. The van der Waals surface area contributed by atoms with Gasteiger partial charge in [-0.3, -0.25) is 0 Å². The molecular weight excluding hydrogens is 240 g/mol. The Morgan fingerprint density at radius 2 is 1.94 bits per heavy atom. The summed E-state index contributed by atoms with van der Waals surface area (Å²) in [5.74, 6) is -1.93. The molecule has 18 heavy (non-hydrogen) atoms. The predicted octanol–water partition coefficient (Wildman–Crippen LogP) is 2.22. The molecule has 0 amide bonds. The highest BCUT2D eigenvalue weighted by atomic mass is 19.1. The SMILES string of the molecule is CCCNCc1cc(F)c(OCC(C)O)c(F)c1. The van der Waals surface area contributed by atoms with E-state index >= 15 is 0 Å². The number of hydrogen-bond donors (Lipinski definition) is 2. The van der Waals surface area contributed by atoms with Crippen molar-refractivity contribution in [1.29, 1.82) is 0 Å². The van der Waals surface area contributed by atoms with E-state index in [1.54, 1.807) is 0 Å². The van der Waals surface area contributed by atoms with Gasteiger partial charge >= 0.3 is 0 Å². The van der Waals surface area contributed by atoms with Gasteiger partial charge < -0.3 is 15.2 Å². The van der Waals surface area contributed by atoms with Gasteiger partial charge in [-0.25, -0.2) is 8.78 Å². The van der Waals surface area contributed by atoms with Crippen molar-refractivity contribution in [1.82, 2.24) is 5.32 Å². The molecule has 1 aromatic rings. The Morgan fingerprint density at radius 3 is 2.44 bits per heavy atom. The van der Waals surface area contributed by atoms with E-state index in [1.165, 1.54) is 19.1 Å². The van der Waals surface area contributed by atoms with E-state index in [4.69, 9.17) is 9.84 Å². The van der Waals surface area contributed by atoms with E-state index in [1.807, 2.05) is 6.92 Å². The van der Waals surface area contributed by atoms with Gasteiger partial charge in [-0.05, 0) is 37.6 Å². The summed E-state index contributed by atoms with van der Waals surface area (Å²) in [6, 6.07) is 2.48. The molecule has 0 bridgehead atoms. The maximum Gasteiger partial charge on any atom is 0.190 e. The van der Waals surface area contributed by atoms with Gasteiger partial charge in [-0.2, -0.15) is 0 Å². The summed E-state index contributed by atoms with van der Waals surface area (Å²) in [6.45, 7) is 4.57. The Hall–Kier alpha value is -1.20.